The zero-order chi connectivity index (χ0) is 15.5. The van der Waals surface area contributed by atoms with Gasteiger partial charge in [-0.3, -0.25) is 9.20 Å². The van der Waals surface area contributed by atoms with Crippen LogP contribution in [0.4, 0.5) is 5.82 Å². The molecule has 22 heavy (non-hydrogen) atoms. The van der Waals surface area contributed by atoms with Crippen LogP contribution in [0.3, 0.4) is 0 Å². The smallest absolute Gasteiger partial charge is 0.270 e. The minimum Gasteiger partial charge on any atom is -0.384 e. The van der Waals surface area contributed by atoms with E-state index in [9.17, 15) is 4.79 Å². The lowest BCUT2D eigenvalue weighted by molar-refractivity contribution is 0.0930. The molecular formula is C15H16N6O. The summed E-state index contributed by atoms with van der Waals surface area (Å²) in [5.74, 6) is 0.647. The molecule has 1 amide bonds. The Kier molecular flexibility index (Phi) is 3.69. The summed E-state index contributed by atoms with van der Waals surface area (Å²) < 4.78 is 1.82. The lowest BCUT2D eigenvalue weighted by atomic mass is 10.1. The molecule has 0 aromatic carbocycles. The van der Waals surface area contributed by atoms with Crippen LogP contribution in [0.15, 0.2) is 42.9 Å². The molecule has 7 heteroatoms. The molecule has 0 aliphatic heterocycles. The van der Waals surface area contributed by atoms with Gasteiger partial charge in [-0.1, -0.05) is 13.0 Å². The maximum Gasteiger partial charge on any atom is 0.270 e. The fourth-order valence-electron chi connectivity index (χ4n) is 2.21. The molecular weight excluding hydrogens is 280 g/mol. The molecule has 0 bridgehead atoms. The van der Waals surface area contributed by atoms with Crippen molar-refractivity contribution in [2.24, 2.45) is 0 Å². The maximum atomic E-state index is 12.3. The Balaban J connectivity index is 1.83. The number of fused-ring (bicyclic) bond motifs is 1. The number of nitrogens with two attached hydrogens (primary N) is 1. The molecule has 7 nitrogen and oxygen atoms in total. The molecule has 3 rings (SSSR count). The van der Waals surface area contributed by atoms with E-state index >= 15 is 0 Å². The Morgan fingerprint density at radius 3 is 2.95 bits per heavy atom. The van der Waals surface area contributed by atoms with Crippen LogP contribution in [0, 0.1) is 0 Å². The molecule has 3 aromatic heterocycles. The lowest BCUT2D eigenvalue weighted by Gasteiger charge is -2.14. The Labute approximate surface area is 127 Å². The number of aromatic nitrogens is 4. The van der Waals surface area contributed by atoms with Crippen molar-refractivity contribution in [2.75, 3.05) is 5.73 Å². The van der Waals surface area contributed by atoms with E-state index in [2.05, 4.69) is 20.3 Å². The third-order valence-electron chi connectivity index (χ3n) is 3.33. The van der Waals surface area contributed by atoms with Gasteiger partial charge in [0.2, 0.25) is 5.78 Å². The van der Waals surface area contributed by atoms with Crippen LogP contribution >= 0.6 is 0 Å². The Bertz CT molecular complexity index is 779. The van der Waals surface area contributed by atoms with Gasteiger partial charge in [0, 0.05) is 18.6 Å². The predicted molar refractivity (Wildman–Crippen MR) is 82.1 cm³/mol. The van der Waals surface area contributed by atoms with Crippen molar-refractivity contribution in [3.8, 4) is 0 Å². The number of nitrogens with zero attached hydrogens (tertiary/aromatic N) is 4. The number of nitrogen functional groups attached to an aromatic ring is 1. The first kappa shape index (κ1) is 14.0. The van der Waals surface area contributed by atoms with E-state index in [0.717, 1.165) is 5.69 Å². The van der Waals surface area contributed by atoms with Crippen LogP contribution in [0.1, 0.15) is 35.6 Å². The number of carbonyl (C=O) groups excluding carboxylic acids is 1. The van der Waals surface area contributed by atoms with Crippen LogP contribution in [0.25, 0.3) is 5.78 Å². The number of rotatable bonds is 4. The van der Waals surface area contributed by atoms with E-state index in [1.807, 2.05) is 29.8 Å². The van der Waals surface area contributed by atoms with Crippen LogP contribution in [-0.4, -0.2) is 25.3 Å². The predicted octanol–water partition coefficient (Wildman–Crippen LogP) is 1.59. The highest BCUT2D eigenvalue weighted by atomic mass is 16.1. The molecule has 112 valence electrons. The van der Waals surface area contributed by atoms with Crippen molar-refractivity contribution >= 4 is 17.5 Å². The number of pyridine rings is 1. The van der Waals surface area contributed by atoms with Crippen LogP contribution in [-0.2, 0) is 0 Å². The summed E-state index contributed by atoms with van der Waals surface area (Å²) in [5, 5.41) is 2.93. The van der Waals surface area contributed by atoms with Crippen molar-refractivity contribution in [1.82, 2.24) is 24.7 Å². The van der Waals surface area contributed by atoms with Gasteiger partial charge >= 0.3 is 0 Å². The molecule has 3 N–H and O–H groups in total. The third kappa shape index (κ3) is 2.73. The zero-order valence-corrected chi connectivity index (χ0v) is 12.1. The van der Waals surface area contributed by atoms with Gasteiger partial charge in [0.05, 0.1) is 11.7 Å². The maximum absolute atomic E-state index is 12.3. The van der Waals surface area contributed by atoms with E-state index < -0.39 is 0 Å². The summed E-state index contributed by atoms with van der Waals surface area (Å²) in [6.07, 6.45) is 6.12. The minimum absolute atomic E-state index is 0.211. The fraction of sp³-hybridized carbons (Fsp3) is 0.200. The molecule has 0 fully saturated rings. The summed E-state index contributed by atoms with van der Waals surface area (Å²) in [7, 11) is 0. The van der Waals surface area contributed by atoms with Crippen molar-refractivity contribution in [1.29, 1.82) is 0 Å². The highest BCUT2D eigenvalue weighted by molar-refractivity contribution is 5.92. The number of hydrogen-bond acceptors (Lipinski definition) is 5. The molecule has 0 saturated heterocycles. The van der Waals surface area contributed by atoms with E-state index in [0.29, 0.717) is 23.7 Å². The van der Waals surface area contributed by atoms with Crippen LogP contribution in [0.2, 0.25) is 0 Å². The SMILES string of the molecule is CC[C@@H](NC(=O)c1cccc(N)n1)c1cn2cccnc2n1. The number of carbonyl (C=O) groups is 1. The molecule has 0 radical (unpaired) electrons. The molecule has 0 spiro atoms. The van der Waals surface area contributed by atoms with E-state index in [1.165, 1.54) is 0 Å². The van der Waals surface area contributed by atoms with Gasteiger partial charge in [0.15, 0.2) is 0 Å². The molecule has 0 aliphatic carbocycles. The van der Waals surface area contributed by atoms with Crippen LogP contribution < -0.4 is 11.1 Å². The second-order valence-corrected chi connectivity index (χ2v) is 4.87. The summed E-state index contributed by atoms with van der Waals surface area (Å²) in [6, 6.07) is 6.59. The lowest BCUT2D eigenvalue weighted by Crippen LogP contribution is -2.29. The van der Waals surface area contributed by atoms with Gasteiger partial charge in [0.25, 0.3) is 5.91 Å². The van der Waals surface area contributed by atoms with Gasteiger partial charge < -0.3 is 11.1 Å². The minimum atomic E-state index is -0.274. The molecule has 1 atom stereocenters. The monoisotopic (exact) mass is 296 g/mol. The summed E-state index contributed by atoms with van der Waals surface area (Å²) >= 11 is 0. The van der Waals surface area contributed by atoms with Gasteiger partial charge in [-0.2, -0.15) is 0 Å². The Morgan fingerprint density at radius 2 is 2.23 bits per heavy atom. The molecule has 0 aliphatic rings. The first-order valence-corrected chi connectivity index (χ1v) is 7.00. The topological polar surface area (TPSA) is 98.2 Å². The molecule has 0 unspecified atom stereocenters. The zero-order valence-electron chi connectivity index (χ0n) is 12.1. The second-order valence-electron chi connectivity index (χ2n) is 4.87. The van der Waals surface area contributed by atoms with Gasteiger partial charge in [0.1, 0.15) is 11.5 Å². The fourth-order valence-corrected chi connectivity index (χ4v) is 2.21. The van der Waals surface area contributed by atoms with E-state index in [1.54, 1.807) is 24.4 Å². The van der Waals surface area contributed by atoms with Crippen LogP contribution in [0.5, 0.6) is 0 Å². The molecule has 3 heterocycles. The van der Waals surface area contributed by atoms with Gasteiger partial charge in [-0.25, -0.2) is 15.0 Å². The average Bonchev–Trinajstić information content (AvgIpc) is 2.96. The first-order valence-electron chi connectivity index (χ1n) is 7.00. The largest absolute Gasteiger partial charge is 0.384 e. The number of amides is 1. The van der Waals surface area contributed by atoms with Crippen molar-refractivity contribution in [3.63, 3.8) is 0 Å². The van der Waals surface area contributed by atoms with Crippen molar-refractivity contribution in [3.05, 3.63) is 54.2 Å². The van der Waals surface area contributed by atoms with E-state index in [-0.39, 0.29) is 11.9 Å². The summed E-state index contributed by atoms with van der Waals surface area (Å²) in [6.45, 7) is 1.98. The summed E-state index contributed by atoms with van der Waals surface area (Å²) in [5.41, 5.74) is 6.66. The Morgan fingerprint density at radius 1 is 1.36 bits per heavy atom. The first-order chi connectivity index (χ1) is 10.7. The number of anilines is 1. The van der Waals surface area contributed by atoms with E-state index in [4.69, 9.17) is 5.73 Å². The Hall–Kier alpha value is -2.96. The number of nitrogens with one attached hydrogen (secondary N) is 1. The third-order valence-corrected chi connectivity index (χ3v) is 3.33. The van der Waals surface area contributed by atoms with Crippen molar-refractivity contribution < 1.29 is 4.79 Å². The number of hydrogen-bond donors (Lipinski definition) is 2. The average molecular weight is 296 g/mol. The molecule has 0 saturated carbocycles. The normalized spacial score (nSPS) is 12.2. The highest BCUT2D eigenvalue weighted by Gasteiger charge is 2.18. The quantitative estimate of drug-likeness (QED) is 0.761. The van der Waals surface area contributed by atoms with Gasteiger partial charge in [-0.05, 0) is 24.6 Å². The number of imidazole rings is 1. The van der Waals surface area contributed by atoms with Gasteiger partial charge in [-0.15, -0.1) is 0 Å². The highest BCUT2D eigenvalue weighted by Crippen LogP contribution is 2.16. The molecule has 3 aromatic rings. The summed E-state index contributed by atoms with van der Waals surface area (Å²) in [4.78, 5) is 24.9. The second kappa shape index (κ2) is 5.80. The van der Waals surface area contributed by atoms with Crippen molar-refractivity contribution in [2.45, 2.75) is 19.4 Å². The standard InChI is InChI=1S/C15H16N6O/c1-2-10(12-9-21-8-4-7-17-15(21)20-12)19-14(22)11-5-3-6-13(16)18-11/h3-10H,2H2,1H3,(H2,16,18)(H,19,22)/t10-/m1/s1.